The third-order valence-corrected chi connectivity index (χ3v) is 4.32. The van der Waals surface area contributed by atoms with Crippen molar-refractivity contribution in [3.05, 3.63) is 29.8 Å². The predicted octanol–water partition coefficient (Wildman–Crippen LogP) is 2.71. The maximum atomic E-state index is 12.5. The average molecular weight is 304 g/mol. The second-order valence-corrected chi connectivity index (χ2v) is 6.09. The first-order chi connectivity index (χ1) is 10.6. The van der Waals surface area contributed by atoms with E-state index in [0.717, 1.165) is 30.9 Å². The number of benzene rings is 1. The average Bonchev–Trinajstić information content (AvgIpc) is 3.00. The SMILES string of the molecule is CCN(C(=O)CN1CCCC1)C(C)COc1ccccc1C. The van der Waals surface area contributed by atoms with Gasteiger partial charge in [-0.05, 0) is 58.3 Å². The fraction of sp³-hybridized carbons (Fsp3) is 0.611. The van der Waals surface area contributed by atoms with E-state index in [0.29, 0.717) is 13.2 Å². The van der Waals surface area contributed by atoms with E-state index in [2.05, 4.69) is 11.8 Å². The van der Waals surface area contributed by atoms with Gasteiger partial charge in [0.1, 0.15) is 12.4 Å². The molecule has 0 bridgehead atoms. The van der Waals surface area contributed by atoms with E-state index < -0.39 is 0 Å². The van der Waals surface area contributed by atoms with Gasteiger partial charge in [0.15, 0.2) is 0 Å². The zero-order chi connectivity index (χ0) is 15.9. The van der Waals surface area contributed by atoms with Crippen LogP contribution in [0.4, 0.5) is 0 Å². The topological polar surface area (TPSA) is 32.8 Å². The van der Waals surface area contributed by atoms with E-state index in [1.165, 1.54) is 12.8 Å². The molecule has 1 saturated heterocycles. The summed E-state index contributed by atoms with van der Waals surface area (Å²) >= 11 is 0. The molecule has 0 aromatic heterocycles. The third-order valence-electron chi connectivity index (χ3n) is 4.32. The lowest BCUT2D eigenvalue weighted by Crippen LogP contribution is -2.46. The molecule has 22 heavy (non-hydrogen) atoms. The molecule has 4 heteroatoms. The summed E-state index contributed by atoms with van der Waals surface area (Å²) in [4.78, 5) is 16.7. The molecule has 1 aliphatic rings. The van der Waals surface area contributed by atoms with Crippen molar-refractivity contribution in [1.29, 1.82) is 0 Å². The van der Waals surface area contributed by atoms with Gasteiger partial charge in [-0.2, -0.15) is 0 Å². The molecule has 122 valence electrons. The summed E-state index contributed by atoms with van der Waals surface area (Å²) < 4.78 is 5.89. The standard InChI is InChI=1S/C18H28N2O2/c1-4-20(18(21)13-19-11-7-8-12-19)16(3)14-22-17-10-6-5-9-15(17)2/h5-6,9-10,16H,4,7-8,11-14H2,1-3H3. The summed E-state index contributed by atoms with van der Waals surface area (Å²) in [6, 6.07) is 8.08. The number of likely N-dealkylation sites (N-methyl/N-ethyl adjacent to an activating group) is 1. The van der Waals surface area contributed by atoms with E-state index in [1.54, 1.807) is 0 Å². The van der Waals surface area contributed by atoms with E-state index in [1.807, 2.05) is 43.0 Å². The van der Waals surface area contributed by atoms with Gasteiger partial charge in [-0.1, -0.05) is 18.2 Å². The molecule has 1 amide bonds. The minimum atomic E-state index is 0.0831. The number of likely N-dealkylation sites (tertiary alicyclic amines) is 1. The normalized spacial score (nSPS) is 16.5. The van der Waals surface area contributed by atoms with Gasteiger partial charge in [0.05, 0.1) is 12.6 Å². The first-order valence-electron chi connectivity index (χ1n) is 8.32. The molecule has 1 atom stereocenters. The van der Waals surface area contributed by atoms with Crippen molar-refractivity contribution >= 4 is 5.91 Å². The van der Waals surface area contributed by atoms with Crippen LogP contribution < -0.4 is 4.74 Å². The molecule has 0 saturated carbocycles. The molecule has 0 spiro atoms. The summed E-state index contributed by atoms with van der Waals surface area (Å²) in [5.74, 6) is 1.11. The van der Waals surface area contributed by atoms with Gasteiger partial charge in [-0.3, -0.25) is 9.69 Å². The number of hydrogen-bond acceptors (Lipinski definition) is 3. The molecule has 0 radical (unpaired) electrons. The van der Waals surface area contributed by atoms with Crippen LogP contribution in [0.15, 0.2) is 24.3 Å². The van der Waals surface area contributed by atoms with Crippen LogP contribution >= 0.6 is 0 Å². The minimum Gasteiger partial charge on any atom is -0.491 e. The Bertz CT molecular complexity index is 484. The zero-order valence-electron chi connectivity index (χ0n) is 14.0. The van der Waals surface area contributed by atoms with Gasteiger partial charge in [-0.15, -0.1) is 0 Å². The van der Waals surface area contributed by atoms with Gasteiger partial charge < -0.3 is 9.64 Å². The van der Waals surface area contributed by atoms with Crippen molar-refractivity contribution in [2.24, 2.45) is 0 Å². The highest BCUT2D eigenvalue weighted by atomic mass is 16.5. The van der Waals surface area contributed by atoms with Crippen molar-refractivity contribution in [2.45, 2.75) is 39.7 Å². The van der Waals surface area contributed by atoms with Crippen LogP contribution in [-0.2, 0) is 4.79 Å². The van der Waals surface area contributed by atoms with Crippen LogP contribution in [0.1, 0.15) is 32.3 Å². The van der Waals surface area contributed by atoms with Crippen LogP contribution in [0, 0.1) is 6.92 Å². The predicted molar refractivity (Wildman–Crippen MR) is 89.2 cm³/mol. The van der Waals surface area contributed by atoms with Crippen molar-refractivity contribution in [3.8, 4) is 5.75 Å². The van der Waals surface area contributed by atoms with Gasteiger partial charge >= 0.3 is 0 Å². The molecule has 1 aromatic carbocycles. The second-order valence-electron chi connectivity index (χ2n) is 6.09. The maximum absolute atomic E-state index is 12.5. The molecule has 1 heterocycles. The fourth-order valence-corrected chi connectivity index (χ4v) is 2.98. The van der Waals surface area contributed by atoms with E-state index >= 15 is 0 Å². The van der Waals surface area contributed by atoms with Gasteiger partial charge in [0, 0.05) is 6.54 Å². The van der Waals surface area contributed by atoms with Crippen LogP contribution in [0.2, 0.25) is 0 Å². The number of hydrogen-bond donors (Lipinski definition) is 0. The number of carbonyl (C=O) groups is 1. The van der Waals surface area contributed by atoms with E-state index in [4.69, 9.17) is 4.74 Å². The first kappa shape index (κ1) is 16.8. The highest BCUT2D eigenvalue weighted by Crippen LogP contribution is 2.17. The summed E-state index contributed by atoms with van der Waals surface area (Å²) in [7, 11) is 0. The lowest BCUT2D eigenvalue weighted by molar-refractivity contribution is -0.134. The number of nitrogens with zero attached hydrogens (tertiary/aromatic N) is 2. The molecule has 1 fully saturated rings. The Hall–Kier alpha value is -1.55. The molecule has 0 N–H and O–H groups in total. The highest BCUT2D eigenvalue weighted by molar-refractivity contribution is 5.78. The van der Waals surface area contributed by atoms with Crippen molar-refractivity contribution in [3.63, 3.8) is 0 Å². The quantitative estimate of drug-likeness (QED) is 0.776. The van der Waals surface area contributed by atoms with E-state index in [-0.39, 0.29) is 11.9 Å². The van der Waals surface area contributed by atoms with Crippen molar-refractivity contribution < 1.29 is 9.53 Å². The summed E-state index contributed by atoms with van der Waals surface area (Å²) in [6.07, 6.45) is 2.43. The minimum absolute atomic E-state index is 0.0831. The Kier molecular flexibility index (Phi) is 6.25. The Morgan fingerprint density at radius 3 is 2.64 bits per heavy atom. The molecule has 0 aliphatic carbocycles. The molecular weight excluding hydrogens is 276 g/mol. The van der Waals surface area contributed by atoms with Crippen molar-refractivity contribution in [2.75, 3.05) is 32.8 Å². The lowest BCUT2D eigenvalue weighted by atomic mass is 10.2. The number of ether oxygens (including phenoxy) is 1. The zero-order valence-corrected chi connectivity index (χ0v) is 14.0. The van der Waals surface area contributed by atoms with Gasteiger partial charge in [0.2, 0.25) is 5.91 Å². The Balaban J connectivity index is 1.86. The maximum Gasteiger partial charge on any atom is 0.237 e. The van der Waals surface area contributed by atoms with Crippen LogP contribution in [0.5, 0.6) is 5.75 Å². The summed E-state index contributed by atoms with van der Waals surface area (Å²) in [5, 5.41) is 0. The summed E-state index contributed by atoms with van der Waals surface area (Å²) in [6.45, 7) is 10.0. The lowest BCUT2D eigenvalue weighted by Gasteiger charge is -2.30. The molecule has 1 aromatic rings. The monoisotopic (exact) mass is 304 g/mol. The smallest absolute Gasteiger partial charge is 0.237 e. The van der Waals surface area contributed by atoms with E-state index in [9.17, 15) is 4.79 Å². The Labute approximate surface area is 134 Å². The first-order valence-corrected chi connectivity index (χ1v) is 8.32. The van der Waals surface area contributed by atoms with Crippen LogP contribution in [0.25, 0.3) is 0 Å². The number of amides is 1. The van der Waals surface area contributed by atoms with Crippen LogP contribution in [0.3, 0.4) is 0 Å². The second kappa shape index (κ2) is 8.18. The molecule has 2 rings (SSSR count). The highest BCUT2D eigenvalue weighted by Gasteiger charge is 2.22. The third kappa shape index (κ3) is 4.47. The Morgan fingerprint density at radius 1 is 1.32 bits per heavy atom. The van der Waals surface area contributed by atoms with Gasteiger partial charge in [0.25, 0.3) is 0 Å². The largest absolute Gasteiger partial charge is 0.491 e. The van der Waals surface area contributed by atoms with Gasteiger partial charge in [-0.25, -0.2) is 0 Å². The summed E-state index contributed by atoms with van der Waals surface area (Å²) in [5.41, 5.74) is 1.13. The molecule has 1 aliphatic heterocycles. The molecular formula is C18H28N2O2. The molecule has 4 nitrogen and oxygen atoms in total. The Morgan fingerprint density at radius 2 is 2.00 bits per heavy atom. The number of para-hydroxylation sites is 1. The fourth-order valence-electron chi connectivity index (χ4n) is 2.98. The number of carbonyl (C=O) groups excluding carboxylic acids is 1. The molecule has 1 unspecified atom stereocenters. The number of rotatable bonds is 7. The van der Waals surface area contributed by atoms with Crippen LogP contribution in [-0.4, -0.2) is 54.5 Å². The number of aryl methyl sites for hydroxylation is 1. The van der Waals surface area contributed by atoms with Crippen molar-refractivity contribution in [1.82, 2.24) is 9.80 Å².